The van der Waals surface area contributed by atoms with E-state index in [0.29, 0.717) is 6.54 Å². The summed E-state index contributed by atoms with van der Waals surface area (Å²) in [6.07, 6.45) is 0. The third-order valence-corrected chi connectivity index (χ3v) is 4.71. The zero-order valence-corrected chi connectivity index (χ0v) is 14.1. The van der Waals surface area contributed by atoms with Crippen LogP contribution in [0, 0.1) is 0 Å². The van der Waals surface area contributed by atoms with Crippen LogP contribution in [0.5, 0.6) is 0 Å². The molecule has 0 saturated carbocycles. The largest absolute Gasteiger partial charge is 0.352 e. The zero-order valence-electron chi connectivity index (χ0n) is 14.1. The molecule has 0 aliphatic carbocycles. The molecule has 0 aliphatic rings. The predicted octanol–water partition coefficient (Wildman–Crippen LogP) is 3.21. The molecule has 122 valence electrons. The fourth-order valence-corrected chi connectivity index (χ4v) is 2.69. The van der Waals surface area contributed by atoms with E-state index >= 15 is 0 Å². The first-order chi connectivity index (χ1) is 11.0. The Balaban J connectivity index is 2.12. The molecule has 0 heterocycles. The van der Waals surface area contributed by atoms with Crippen LogP contribution in [0.3, 0.4) is 0 Å². The molecule has 0 radical (unpaired) electrons. The van der Waals surface area contributed by atoms with Crippen molar-refractivity contribution < 1.29 is 4.79 Å². The Labute approximate surface area is 138 Å². The van der Waals surface area contributed by atoms with Crippen LogP contribution in [-0.2, 0) is 10.2 Å². The monoisotopic (exact) mass is 310 g/mol. The first kappa shape index (κ1) is 17.2. The van der Waals surface area contributed by atoms with Crippen LogP contribution < -0.4 is 11.1 Å². The SMILES string of the molecule is CC(NC(=O)C(CN)c1ccccc1)C(C)(C)c1ccccc1. The lowest BCUT2D eigenvalue weighted by Crippen LogP contribution is -2.47. The average molecular weight is 310 g/mol. The second kappa shape index (κ2) is 7.42. The quantitative estimate of drug-likeness (QED) is 0.861. The minimum Gasteiger partial charge on any atom is -0.352 e. The lowest BCUT2D eigenvalue weighted by molar-refractivity contribution is -0.123. The van der Waals surface area contributed by atoms with E-state index in [1.54, 1.807) is 0 Å². The maximum absolute atomic E-state index is 12.7. The van der Waals surface area contributed by atoms with E-state index in [0.717, 1.165) is 5.56 Å². The van der Waals surface area contributed by atoms with Crippen LogP contribution in [0.4, 0.5) is 0 Å². The summed E-state index contributed by atoms with van der Waals surface area (Å²) >= 11 is 0. The van der Waals surface area contributed by atoms with Crippen molar-refractivity contribution in [1.29, 1.82) is 0 Å². The van der Waals surface area contributed by atoms with Crippen molar-refractivity contribution in [1.82, 2.24) is 5.32 Å². The normalized spacial score (nSPS) is 14.1. The molecule has 0 bridgehead atoms. The van der Waals surface area contributed by atoms with Crippen LogP contribution in [0.2, 0.25) is 0 Å². The highest BCUT2D eigenvalue weighted by atomic mass is 16.2. The summed E-state index contributed by atoms with van der Waals surface area (Å²) in [4.78, 5) is 12.7. The number of hydrogen-bond acceptors (Lipinski definition) is 2. The lowest BCUT2D eigenvalue weighted by Gasteiger charge is -2.34. The van der Waals surface area contributed by atoms with Crippen molar-refractivity contribution in [3.63, 3.8) is 0 Å². The van der Waals surface area contributed by atoms with Crippen molar-refractivity contribution in [2.24, 2.45) is 5.73 Å². The van der Waals surface area contributed by atoms with Crippen LogP contribution in [-0.4, -0.2) is 18.5 Å². The van der Waals surface area contributed by atoms with Gasteiger partial charge in [0.2, 0.25) is 5.91 Å². The molecule has 23 heavy (non-hydrogen) atoms. The van der Waals surface area contributed by atoms with Gasteiger partial charge in [-0.3, -0.25) is 4.79 Å². The van der Waals surface area contributed by atoms with E-state index in [1.807, 2.05) is 55.5 Å². The Morgan fingerprint density at radius 3 is 2.09 bits per heavy atom. The average Bonchev–Trinajstić information content (AvgIpc) is 2.57. The number of amides is 1. The van der Waals surface area contributed by atoms with Gasteiger partial charge in [-0.15, -0.1) is 0 Å². The molecular weight excluding hydrogens is 284 g/mol. The maximum Gasteiger partial charge on any atom is 0.229 e. The van der Waals surface area contributed by atoms with E-state index in [9.17, 15) is 4.79 Å². The number of hydrogen-bond donors (Lipinski definition) is 2. The van der Waals surface area contributed by atoms with Gasteiger partial charge in [0, 0.05) is 18.0 Å². The van der Waals surface area contributed by atoms with Gasteiger partial charge >= 0.3 is 0 Å². The summed E-state index contributed by atoms with van der Waals surface area (Å²) in [5, 5.41) is 3.15. The van der Waals surface area contributed by atoms with E-state index in [1.165, 1.54) is 5.56 Å². The van der Waals surface area contributed by atoms with E-state index in [2.05, 4.69) is 31.3 Å². The molecule has 3 nitrogen and oxygen atoms in total. The summed E-state index contributed by atoms with van der Waals surface area (Å²) in [5.41, 5.74) is 7.84. The molecule has 1 amide bonds. The van der Waals surface area contributed by atoms with Gasteiger partial charge in [0.25, 0.3) is 0 Å². The van der Waals surface area contributed by atoms with Crippen LogP contribution >= 0.6 is 0 Å². The summed E-state index contributed by atoms with van der Waals surface area (Å²) in [5.74, 6) is -0.333. The van der Waals surface area contributed by atoms with E-state index in [-0.39, 0.29) is 23.3 Å². The molecule has 2 rings (SSSR count). The Kier molecular flexibility index (Phi) is 5.56. The molecule has 3 heteroatoms. The first-order valence-corrected chi connectivity index (χ1v) is 8.07. The Morgan fingerprint density at radius 1 is 1.04 bits per heavy atom. The molecule has 0 spiro atoms. The summed E-state index contributed by atoms with van der Waals surface area (Å²) in [7, 11) is 0. The van der Waals surface area contributed by atoms with Gasteiger partial charge in [-0.25, -0.2) is 0 Å². The van der Waals surface area contributed by atoms with Gasteiger partial charge in [-0.1, -0.05) is 74.5 Å². The Morgan fingerprint density at radius 2 is 1.57 bits per heavy atom. The third kappa shape index (κ3) is 3.99. The second-order valence-corrected chi connectivity index (χ2v) is 6.52. The summed E-state index contributed by atoms with van der Waals surface area (Å²) < 4.78 is 0. The molecule has 2 aromatic carbocycles. The second-order valence-electron chi connectivity index (χ2n) is 6.52. The third-order valence-electron chi connectivity index (χ3n) is 4.71. The smallest absolute Gasteiger partial charge is 0.229 e. The van der Waals surface area contributed by atoms with Gasteiger partial charge in [0.05, 0.1) is 5.92 Å². The molecule has 3 N–H and O–H groups in total. The fourth-order valence-electron chi connectivity index (χ4n) is 2.69. The fraction of sp³-hybridized carbons (Fsp3) is 0.350. The van der Waals surface area contributed by atoms with Crippen molar-refractivity contribution in [2.45, 2.75) is 38.1 Å². The number of benzene rings is 2. The van der Waals surface area contributed by atoms with Gasteiger partial charge in [0.1, 0.15) is 0 Å². The van der Waals surface area contributed by atoms with E-state index < -0.39 is 0 Å². The van der Waals surface area contributed by atoms with Gasteiger partial charge < -0.3 is 11.1 Å². The topological polar surface area (TPSA) is 55.1 Å². The number of carbonyl (C=O) groups excluding carboxylic acids is 1. The standard InChI is InChI=1S/C20H26N2O/c1-15(20(2,3)17-12-8-5-9-13-17)22-19(23)18(14-21)16-10-6-4-7-11-16/h4-13,15,18H,14,21H2,1-3H3,(H,22,23). The van der Waals surface area contributed by atoms with Gasteiger partial charge in [-0.05, 0) is 18.1 Å². The minimum atomic E-state index is -0.315. The molecule has 0 saturated heterocycles. The predicted molar refractivity (Wildman–Crippen MR) is 95.3 cm³/mol. The van der Waals surface area contributed by atoms with Crippen LogP contribution in [0.15, 0.2) is 60.7 Å². The number of rotatable bonds is 6. The maximum atomic E-state index is 12.7. The van der Waals surface area contributed by atoms with Crippen LogP contribution in [0.1, 0.15) is 37.8 Å². The molecule has 2 aromatic rings. The highest BCUT2D eigenvalue weighted by Gasteiger charge is 2.30. The van der Waals surface area contributed by atoms with Gasteiger partial charge in [-0.2, -0.15) is 0 Å². The van der Waals surface area contributed by atoms with Crippen LogP contribution in [0.25, 0.3) is 0 Å². The van der Waals surface area contributed by atoms with Crippen molar-refractivity contribution in [3.05, 3.63) is 71.8 Å². The lowest BCUT2D eigenvalue weighted by atomic mass is 9.78. The summed E-state index contributed by atoms with van der Waals surface area (Å²) in [6.45, 7) is 6.64. The molecule has 2 unspecified atom stereocenters. The van der Waals surface area contributed by atoms with Crippen molar-refractivity contribution >= 4 is 5.91 Å². The number of carbonyl (C=O) groups is 1. The number of nitrogens with one attached hydrogen (secondary N) is 1. The number of nitrogens with two attached hydrogens (primary N) is 1. The Hall–Kier alpha value is -2.13. The summed E-state index contributed by atoms with van der Waals surface area (Å²) in [6, 6.07) is 19.9. The zero-order chi connectivity index (χ0) is 16.9. The molecule has 2 atom stereocenters. The Bertz CT molecular complexity index is 623. The van der Waals surface area contributed by atoms with Crippen molar-refractivity contribution in [2.75, 3.05) is 6.54 Å². The highest BCUT2D eigenvalue weighted by Crippen LogP contribution is 2.27. The first-order valence-electron chi connectivity index (χ1n) is 8.07. The molecule has 0 aromatic heterocycles. The van der Waals surface area contributed by atoms with E-state index in [4.69, 9.17) is 5.73 Å². The highest BCUT2D eigenvalue weighted by molar-refractivity contribution is 5.84. The van der Waals surface area contributed by atoms with Crippen molar-refractivity contribution in [3.8, 4) is 0 Å². The minimum absolute atomic E-state index is 0.00448. The van der Waals surface area contributed by atoms with Gasteiger partial charge in [0.15, 0.2) is 0 Å². The molecular formula is C20H26N2O. The molecule has 0 fully saturated rings. The molecule has 0 aliphatic heterocycles.